The highest BCUT2D eigenvalue weighted by Gasteiger charge is 2.46. The lowest BCUT2D eigenvalue weighted by Crippen LogP contribution is -2.31. The highest BCUT2D eigenvalue weighted by atomic mass is 35.5. The van der Waals surface area contributed by atoms with E-state index in [1.54, 1.807) is 42.5 Å². The maximum Gasteiger partial charge on any atom is 0.295 e. The van der Waals surface area contributed by atoms with Crippen molar-refractivity contribution in [1.82, 2.24) is 4.90 Å². The summed E-state index contributed by atoms with van der Waals surface area (Å²) in [7, 11) is 2.98. The Morgan fingerprint density at radius 3 is 2.37 bits per heavy atom. The number of hydrogen-bond donors (Lipinski definition) is 1. The molecule has 0 aliphatic carbocycles. The predicted molar refractivity (Wildman–Crippen MR) is 141 cm³/mol. The Bertz CT molecular complexity index is 1390. The molecule has 1 fully saturated rings. The summed E-state index contributed by atoms with van der Waals surface area (Å²) in [6, 6.07) is 14.7. The Labute approximate surface area is 225 Å². The number of carbonyl (C=O) groups is 2. The molecule has 0 saturated carbocycles. The number of aliphatic hydroxyl groups excluding tert-OH is 1. The fraction of sp³-hybridized carbons (Fsp3) is 0.241. The highest BCUT2D eigenvalue weighted by Crippen LogP contribution is 2.43. The minimum atomic E-state index is -0.943. The van der Waals surface area contributed by atoms with Crippen molar-refractivity contribution < 1.29 is 33.3 Å². The number of methoxy groups -OCH3 is 2. The van der Waals surface area contributed by atoms with Gasteiger partial charge in [0.25, 0.3) is 11.7 Å². The first-order valence-electron chi connectivity index (χ1n) is 12.0. The molecule has 7 nitrogen and oxygen atoms in total. The molecule has 38 heavy (non-hydrogen) atoms. The minimum Gasteiger partial charge on any atom is -0.507 e. The van der Waals surface area contributed by atoms with Crippen molar-refractivity contribution in [2.45, 2.75) is 19.4 Å². The molecular weight excluding hydrogens is 513 g/mol. The first-order chi connectivity index (χ1) is 18.3. The number of likely N-dealkylation sites (tertiary alicyclic amines) is 1. The van der Waals surface area contributed by atoms with Crippen molar-refractivity contribution in [1.29, 1.82) is 0 Å². The van der Waals surface area contributed by atoms with Gasteiger partial charge in [-0.25, -0.2) is 4.39 Å². The monoisotopic (exact) mass is 539 g/mol. The molecule has 1 aliphatic rings. The van der Waals surface area contributed by atoms with Crippen molar-refractivity contribution >= 4 is 29.1 Å². The fourth-order valence-corrected chi connectivity index (χ4v) is 4.68. The van der Waals surface area contributed by atoms with Crippen LogP contribution in [-0.2, 0) is 16.0 Å². The molecule has 3 aromatic rings. The van der Waals surface area contributed by atoms with Gasteiger partial charge in [-0.05, 0) is 66.9 Å². The summed E-state index contributed by atoms with van der Waals surface area (Å²) in [4.78, 5) is 28.1. The first-order valence-corrected chi connectivity index (χ1v) is 12.3. The van der Waals surface area contributed by atoms with E-state index in [4.69, 9.17) is 25.8 Å². The van der Waals surface area contributed by atoms with Crippen LogP contribution in [0, 0.1) is 5.82 Å². The number of ether oxygens (including phenoxy) is 3. The Hall–Kier alpha value is -4.04. The lowest BCUT2D eigenvalue weighted by molar-refractivity contribution is -0.139. The highest BCUT2D eigenvalue weighted by molar-refractivity contribution is 6.47. The third-order valence-corrected chi connectivity index (χ3v) is 6.65. The molecule has 1 saturated heterocycles. The predicted octanol–water partition coefficient (Wildman–Crippen LogP) is 5.56. The van der Waals surface area contributed by atoms with Crippen LogP contribution in [0.1, 0.15) is 29.7 Å². The summed E-state index contributed by atoms with van der Waals surface area (Å²) in [5.41, 5.74) is 1.36. The van der Waals surface area contributed by atoms with Crippen LogP contribution in [0.4, 0.5) is 4.39 Å². The Morgan fingerprint density at radius 1 is 1.00 bits per heavy atom. The van der Waals surface area contributed by atoms with Gasteiger partial charge in [0.2, 0.25) is 0 Å². The van der Waals surface area contributed by atoms with Gasteiger partial charge in [-0.2, -0.15) is 0 Å². The van der Waals surface area contributed by atoms with Gasteiger partial charge in [0.1, 0.15) is 17.3 Å². The van der Waals surface area contributed by atoms with Crippen molar-refractivity contribution in [2.75, 3.05) is 27.4 Å². The molecule has 1 amide bonds. The second kappa shape index (κ2) is 11.6. The summed E-state index contributed by atoms with van der Waals surface area (Å²) in [6.45, 7) is 2.35. The number of benzene rings is 3. The average Bonchev–Trinajstić information content (AvgIpc) is 3.18. The van der Waals surface area contributed by atoms with E-state index in [-0.39, 0.29) is 28.5 Å². The van der Waals surface area contributed by atoms with Crippen LogP contribution in [0.2, 0.25) is 5.02 Å². The third kappa shape index (κ3) is 5.31. The molecule has 1 atom stereocenters. The molecule has 4 rings (SSSR count). The molecule has 9 heteroatoms. The van der Waals surface area contributed by atoms with Crippen LogP contribution >= 0.6 is 11.6 Å². The number of hydrogen-bond acceptors (Lipinski definition) is 6. The zero-order valence-electron chi connectivity index (χ0n) is 21.2. The maximum atomic E-state index is 13.4. The third-order valence-electron chi connectivity index (χ3n) is 6.32. The van der Waals surface area contributed by atoms with E-state index in [0.29, 0.717) is 35.8 Å². The Kier molecular flexibility index (Phi) is 8.22. The maximum absolute atomic E-state index is 13.4. The van der Waals surface area contributed by atoms with E-state index < -0.39 is 23.5 Å². The lowest BCUT2D eigenvalue weighted by atomic mass is 9.94. The van der Waals surface area contributed by atoms with E-state index in [2.05, 4.69) is 0 Å². The van der Waals surface area contributed by atoms with Crippen LogP contribution in [0.5, 0.6) is 17.2 Å². The number of aliphatic hydroxyl groups is 1. The Balaban J connectivity index is 1.84. The summed E-state index contributed by atoms with van der Waals surface area (Å²) < 4.78 is 29.7. The first kappa shape index (κ1) is 27.0. The smallest absolute Gasteiger partial charge is 0.295 e. The molecule has 0 bridgehead atoms. The van der Waals surface area contributed by atoms with Gasteiger partial charge in [-0.1, -0.05) is 29.8 Å². The topological polar surface area (TPSA) is 85.3 Å². The fourth-order valence-electron chi connectivity index (χ4n) is 4.47. The number of halogens is 2. The molecule has 1 heterocycles. The molecule has 1 unspecified atom stereocenters. The molecule has 198 valence electrons. The van der Waals surface area contributed by atoms with Crippen LogP contribution in [0.3, 0.4) is 0 Å². The molecular formula is C29H27ClFNO6. The molecule has 1 aliphatic heterocycles. The Morgan fingerprint density at radius 2 is 1.71 bits per heavy atom. The molecule has 0 aromatic heterocycles. The van der Waals surface area contributed by atoms with Gasteiger partial charge >= 0.3 is 0 Å². The van der Waals surface area contributed by atoms with Crippen molar-refractivity contribution in [3.63, 3.8) is 0 Å². The lowest BCUT2D eigenvalue weighted by Gasteiger charge is -2.26. The van der Waals surface area contributed by atoms with Crippen LogP contribution in [0.25, 0.3) is 5.76 Å². The van der Waals surface area contributed by atoms with Gasteiger partial charge in [0.15, 0.2) is 11.5 Å². The largest absolute Gasteiger partial charge is 0.507 e. The van der Waals surface area contributed by atoms with Crippen molar-refractivity contribution in [3.05, 3.63) is 93.8 Å². The average molecular weight is 540 g/mol. The molecule has 0 spiro atoms. The second-order valence-corrected chi connectivity index (χ2v) is 8.97. The van der Waals surface area contributed by atoms with E-state index in [1.807, 2.05) is 6.92 Å². The van der Waals surface area contributed by atoms with Gasteiger partial charge in [0.05, 0.1) is 37.5 Å². The van der Waals surface area contributed by atoms with Gasteiger partial charge in [-0.15, -0.1) is 0 Å². The zero-order chi connectivity index (χ0) is 27.4. The van der Waals surface area contributed by atoms with Gasteiger partial charge in [-0.3, -0.25) is 9.59 Å². The van der Waals surface area contributed by atoms with Crippen molar-refractivity contribution in [2.24, 2.45) is 0 Å². The van der Waals surface area contributed by atoms with Crippen LogP contribution in [-0.4, -0.2) is 49.1 Å². The number of rotatable bonds is 9. The normalized spacial score (nSPS) is 16.6. The zero-order valence-corrected chi connectivity index (χ0v) is 21.9. The summed E-state index contributed by atoms with van der Waals surface area (Å²) in [5, 5.41) is 11.6. The van der Waals surface area contributed by atoms with E-state index >= 15 is 0 Å². The number of carbonyl (C=O) groups excluding carboxylic acids is 2. The minimum absolute atomic E-state index is 0.114. The van der Waals surface area contributed by atoms with Crippen LogP contribution in [0.15, 0.2) is 66.2 Å². The summed E-state index contributed by atoms with van der Waals surface area (Å²) in [5.74, 6) is -1.10. The quantitative estimate of drug-likeness (QED) is 0.218. The van der Waals surface area contributed by atoms with Gasteiger partial charge in [0, 0.05) is 12.1 Å². The number of ketones is 1. The van der Waals surface area contributed by atoms with Crippen LogP contribution < -0.4 is 14.2 Å². The summed E-state index contributed by atoms with van der Waals surface area (Å²) in [6.07, 6.45) is 0.359. The molecule has 3 aromatic carbocycles. The number of nitrogens with zero attached hydrogens (tertiary/aromatic N) is 1. The van der Waals surface area contributed by atoms with E-state index in [9.17, 15) is 19.1 Å². The summed E-state index contributed by atoms with van der Waals surface area (Å²) >= 11 is 6.40. The molecule has 0 radical (unpaired) electrons. The van der Waals surface area contributed by atoms with E-state index in [0.717, 1.165) is 5.56 Å². The van der Waals surface area contributed by atoms with E-state index in [1.165, 1.54) is 37.3 Å². The number of amides is 1. The number of Topliss-reactive ketones (excluding diaryl/α,β-unsaturated/α-hetero) is 1. The SMILES string of the molecule is CCOc1ccc(Cl)c(/C(O)=C2\C(=O)C(=O)N(CCc3ccc(F)cc3)C2c2ccc(OC)c(OC)c2)c1. The standard InChI is InChI=1S/C29H27ClFNO6/c1-4-38-20-10-11-22(30)21(16-20)27(33)25-26(18-7-12-23(36-2)24(15-18)37-3)32(29(35)28(25)34)14-13-17-5-8-19(31)9-6-17/h5-12,15-16,26,33H,4,13-14H2,1-3H3/b27-25+. The molecule has 1 N–H and O–H groups in total. The second-order valence-electron chi connectivity index (χ2n) is 8.56. The van der Waals surface area contributed by atoms with Crippen molar-refractivity contribution in [3.8, 4) is 17.2 Å². The van der Waals surface area contributed by atoms with Gasteiger partial charge < -0.3 is 24.2 Å².